The van der Waals surface area contributed by atoms with Crippen LogP contribution in [-0.2, 0) is 16.2 Å². The molecule has 2 aromatic rings. The molecule has 128 valence electrons. The molecule has 2 rings (SSSR count). The van der Waals surface area contributed by atoms with Crippen molar-refractivity contribution in [2.75, 3.05) is 4.72 Å². The van der Waals surface area contributed by atoms with Gasteiger partial charge in [0.25, 0.3) is 10.0 Å². The van der Waals surface area contributed by atoms with Crippen molar-refractivity contribution in [3.05, 3.63) is 58.6 Å². The number of sulfonamides is 1. The van der Waals surface area contributed by atoms with Crippen LogP contribution in [0.25, 0.3) is 0 Å². The van der Waals surface area contributed by atoms with Crippen LogP contribution < -0.4 is 10.5 Å². The summed E-state index contributed by atoms with van der Waals surface area (Å²) in [5, 5.41) is -0.545. The number of hydrogen-bond acceptors (Lipinski definition) is 3. The first-order valence-corrected chi connectivity index (χ1v) is 8.16. The van der Waals surface area contributed by atoms with Gasteiger partial charge in [0.05, 0.1) is 15.5 Å². The molecular weight excluding hydrogens is 369 g/mol. The van der Waals surface area contributed by atoms with E-state index in [-0.39, 0.29) is 16.1 Å². The molecule has 0 unspecified atom stereocenters. The minimum Gasteiger partial charge on any atom is -0.366 e. The molecule has 0 fully saturated rings. The van der Waals surface area contributed by atoms with Gasteiger partial charge in [-0.3, -0.25) is 9.52 Å². The number of carbonyl (C=O) groups excluding carboxylic acids is 1. The summed E-state index contributed by atoms with van der Waals surface area (Å²) in [7, 11) is -4.14. The first-order chi connectivity index (χ1) is 11.0. The minimum atomic E-state index is -4.72. The molecule has 1 amide bonds. The van der Waals surface area contributed by atoms with Gasteiger partial charge in [0.1, 0.15) is 0 Å². The first kappa shape index (κ1) is 18.1. The molecule has 0 spiro atoms. The summed E-state index contributed by atoms with van der Waals surface area (Å²) >= 11 is 5.48. The van der Waals surface area contributed by atoms with Crippen LogP contribution in [0.5, 0.6) is 0 Å². The maximum absolute atomic E-state index is 12.8. The van der Waals surface area contributed by atoms with Crippen LogP contribution in [-0.4, -0.2) is 14.3 Å². The van der Waals surface area contributed by atoms with Gasteiger partial charge < -0.3 is 5.73 Å². The van der Waals surface area contributed by atoms with E-state index in [2.05, 4.69) is 0 Å². The number of amides is 1. The highest BCUT2D eigenvalue weighted by Crippen LogP contribution is 2.36. The highest BCUT2D eigenvalue weighted by molar-refractivity contribution is 7.92. The van der Waals surface area contributed by atoms with Gasteiger partial charge in [0, 0.05) is 11.3 Å². The third-order valence-electron chi connectivity index (χ3n) is 2.97. The van der Waals surface area contributed by atoms with Crippen LogP contribution in [0.4, 0.5) is 18.9 Å². The summed E-state index contributed by atoms with van der Waals surface area (Å²) in [6.07, 6.45) is -4.72. The van der Waals surface area contributed by atoms with Crippen molar-refractivity contribution >= 4 is 33.2 Å². The number of carbonyl (C=O) groups is 1. The zero-order valence-electron chi connectivity index (χ0n) is 11.8. The molecular formula is C14H10ClF3N2O3S. The summed E-state index contributed by atoms with van der Waals surface area (Å²) in [5.41, 5.74) is 3.68. The third-order valence-corrected chi connectivity index (χ3v) is 4.70. The minimum absolute atomic E-state index is 0.0970. The molecule has 0 aliphatic carbocycles. The fourth-order valence-corrected chi connectivity index (χ4v) is 3.09. The van der Waals surface area contributed by atoms with E-state index in [4.69, 9.17) is 17.3 Å². The van der Waals surface area contributed by atoms with Gasteiger partial charge in [-0.2, -0.15) is 13.2 Å². The molecule has 0 aliphatic heterocycles. The number of primary amides is 1. The molecule has 3 N–H and O–H groups in total. The summed E-state index contributed by atoms with van der Waals surface area (Å²) in [6, 6.07) is 7.26. The van der Waals surface area contributed by atoms with Gasteiger partial charge in [0.15, 0.2) is 0 Å². The number of nitrogens with two attached hydrogens (primary N) is 1. The lowest BCUT2D eigenvalue weighted by Gasteiger charge is -2.13. The zero-order chi connectivity index (χ0) is 18.1. The smallest absolute Gasteiger partial charge is 0.366 e. The predicted molar refractivity (Wildman–Crippen MR) is 82.2 cm³/mol. The van der Waals surface area contributed by atoms with Crippen molar-refractivity contribution in [2.24, 2.45) is 5.73 Å². The average Bonchev–Trinajstić information content (AvgIpc) is 2.48. The first-order valence-electron chi connectivity index (χ1n) is 6.30. The van der Waals surface area contributed by atoms with Crippen LogP contribution >= 0.6 is 11.6 Å². The predicted octanol–water partition coefficient (Wildman–Crippen LogP) is 3.26. The number of hydrogen-bond donors (Lipinski definition) is 2. The zero-order valence-corrected chi connectivity index (χ0v) is 13.3. The summed E-state index contributed by atoms with van der Waals surface area (Å²) < 4.78 is 64.8. The topological polar surface area (TPSA) is 89.3 Å². The van der Waals surface area contributed by atoms with E-state index in [0.717, 1.165) is 24.3 Å². The number of anilines is 1. The number of alkyl halides is 3. The van der Waals surface area contributed by atoms with Crippen molar-refractivity contribution in [1.82, 2.24) is 0 Å². The molecule has 10 heteroatoms. The molecule has 0 aliphatic rings. The van der Waals surface area contributed by atoms with Crippen molar-refractivity contribution in [3.63, 3.8) is 0 Å². The molecule has 0 aromatic heterocycles. The Morgan fingerprint density at radius 2 is 1.67 bits per heavy atom. The second-order valence-corrected chi connectivity index (χ2v) is 6.78. The highest BCUT2D eigenvalue weighted by atomic mass is 35.5. The van der Waals surface area contributed by atoms with Gasteiger partial charge in [0.2, 0.25) is 5.91 Å². The van der Waals surface area contributed by atoms with Crippen LogP contribution in [0, 0.1) is 0 Å². The van der Waals surface area contributed by atoms with Gasteiger partial charge in [-0.05, 0) is 42.5 Å². The Kier molecular flexibility index (Phi) is 4.77. The van der Waals surface area contributed by atoms with Crippen LogP contribution in [0.15, 0.2) is 47.4 Å². The van der Waals surface area contributed by atoms with Crippen molar-refractivity contribution in [2.45, 2.75) is 11.1 Å². The largest absolute Gasteiger partial charge is 0.417 e. The SMILES string of the molecule is NC(=O)c1ccc(S(=O)(=O)Nc2ccc(Cl)c(C(F)(F)F)c2)cc1. The Morgan fingerprint density at radius 3 is 2.17 bits per heavy atom. The maximum atomic E-state index is 12.8. The lowest BCUT2D eigenvalue weighted by molar-refractivity contribution is -0.137. The van der Waals surface area contributed by atoms with E-state index in [0.29, 0.717) is 6.07 Å². The van der Waals surface area contributed by atoms with E-state index < -0.39 is 32.7 Å². The summed E-state index contributed by atoms with van der Waals surface area (Å²) in [6.45, 7) is 0. The second kappa shape index (κ2) is 6.33. The molecule has 5 nitrogen and oxygen atoms in total. The van der Waals surface area contributed by atoms with Crippen LogP contribution in [0.3, 0.4) is 0 Å². The van der Waals surface area contributed by atoms with E-state index in [9.17, 15) is 26.4 Å². The summed E-state index contributed by atoms with van der Waals surface area (Å²) in [5.74, 6) is -0.737. The summed E-state index contributed by atoms with van der Waals surface area (Å²) in [4.78, 5) is 10.7. The van der Waals surface area contributed by atoms with Gasteiger partial charge in [-0.1, -0.05) is 11.6 Å². The Balaban J connectivity index is 2.34. The average molecular weight is 379 g/mol. The highest BCUT2D eigenvalue weighted by Gasteiger charge is 2.33. The molecule has 0 heterocycles. The van der Waals surface area contributed by atoms with Crippen molar-refractivity contribution < 1.29 is 26.4 Å². The molecule has 0 saturated carbocycles. The van der Waals surface area contributed by atoms with E-state index in [1.807, 2.05) is 4.72 Å². The standard InChI is InChI=1S/C14H10ClF3N2O3S/c15-12-6-3-9(7-11(12)14(16,17)18)20-24(22,23)10-4-1-8(2-5-10)13(19)21/h1-7,20H,(H2,19,21). The Morgan fingerprint density at radius 1 is 1.08 bits per heavy atom. The molecule has 0 bridgehead atoms. The third kappa shape index (κ3) is 3.98. The Bertz CT molecular complexity index is 881. The monoisotopic (exact) mass is 378 g/mol. The normalized spacial score (nSPS) is 12.0. The lowest BCUT2D eigenvalue weighted by Crippen LogP contribution is -2.15. The fourth-order valence-electron chi connectivity index (χ4n) is 1.82. The second-order valence-electron chi connectivity index (χ2n) is 4.69. The number of rotatable bonds is 4. The van der Waals surface area contributed by atoms with Crippen LogP contribution in [0.1, 0.15) is 15.9 Å². The van der Waals surface area contributed by atoms with Gasteiger partial charge in [-0.25, -0.2) is 8.42 Å². The number of nitrogens with one attached hydrogen (secondary N) is 1. The molecule has 0 saturated heterocycles. The number of benzene rings is 2. The lowest BCUT2D eigenvalue weighted by atomic mass is 10.2. The maximum Gasteiger partial charge on any atom is 0.417 e. The Hall–Kier alpha value is -2.26. The quantitative estimate of drug-likeness (QED) is 0.855. The molecule has 2 aromatic carbocycles. The van der Waals surface area contributed by atoms with Gasteiger partial charge in [-0.15, -0.1) is 0 Å². The Labute approximate surface area is 140 Å². The fraction of sp³-hybridized carbons (Fsp3) is 0.0714. The van der Waals surface area contributed by atoms with E-state index in [1.54, 1.807) is 0 Å². The number of halogens is 4. The molecule has 0 radical (unpaired) electrons. The molecule has 0 atom stereocenters. The van der Waals surface area contributed by atoms with E-state index in [1.165, 1.54) is 12.1 Å². The van der Waals surface area contributed by atoms with Gasteiger partial charge >= 0.3 is 6.18 Å². The van der Waals surface area contributed by atoms with Crippen molar-refractivity contribution in [1.29, 1.82) is 0 Å². The van der Waals surface area contributed by atoms with Crippen molar-refractivity contribution in [3.8, 4) is 0 Å². The molecule has 24 heavy (non-hydrogen) atoms. The van der Waals surface area contributed by atoms with Crippen LogP contribution in [0.2, 0.25) is 5.02 Å². The van der Waals surface area contributed by atoms with E-state index >= 15 is 0 Å².